The van der Waals surface area contributed by atoms with E-state index in [4.69, 9.17) is 22.5 Å². The Balaban J connectivity index is 2.65. The zero-order valence-electron chi connectivity index (χ0n) is 12.9. The molecule has 0 aliphatic carbocycles. The van der Waals surface area contributed by atoms with Crippen molar-refractivity contribution in [3.63, 3.8) is 0 Å². The molecule has 0 spiro atoms. The monoisotopic (exact) mass is 312 g/mol. The van der Waals surface area contributed by atoms with Crippen molar-refractivity contribution in [1.29, 1.82) is 0 Å². The number of nitrogens with two attached hydrogens (primary N) is 1. The van der Waals surface area contributed by atoms with Crippen molar-refractivity contribution in [3.8, 4) is 0 Å². The fourth-order valence-corrected chi connectivity index (χ4v) is 2.75. The van der Waals surface area contributed by atoms with Crippen LogP contribution >= 0.6 is 12.2 Å². The largest absolute Gasteiger partial charge is 0.392 e. The highest BCUT2D eigenvalue weighted by molar-refractivity contribution is 7.80. The summed E-state index contributed by atoms with van der Waals surface area (Å²) in [6.07, 6.45) is 3.54. The van der Waals surface area contributed by atoms with Crippen molar-refractivity contribution in [3.05, 3.63) is 11.7 Å². The van der Waals surface area contributed by atoms with Gasteiger partial charge in [-0.05, 0) is 19.8 Å². The third-order valence-corrected chi connectivity index (χ3v) is 3.84. The topological polar surface area (TPSA) is 94.0 Å². The number of amides is 1. The van der Waals surface area contributed by atoms with Crippen LogP contribution in [0.25, 0.3) is 0 Å². The predicted molar refractivity (Wildman–Crippen MR) is 84.8 cm³/mol. The molecule has 6 nitrogen and oxygen atoms in total. The molecule has 0 fully saturated rings. The molecule has 1 aromatic heterocycles. The van der Waals surface area contributed by atoms with E-state index in [0.717, 1.165) is 12.8 Å². The number of thiocarbonyl (C=S) groups is 1. The van der Waals surface area contributed by atoms with Gasteiger partial charge in [-0.15, -0.1) is 0 Å². The van der Waals surface area contributed by atoms with Crippen molar-refractivity contribution in [2.24, 2.45) is 11.1 Å². The van der Waals surface area contributed by atoms with Gasteiger partial charge in [0.2, 0.25) is 11.8 Å². The van der Waals surface area contributed by atoms with E-state index in [2.05, 4.69) is 15.5 Å². The molecule has 0 saturated heterocycles. The van der Waals surface area contributed by atoms with E-state index in [-0.39, 0.29) is 10.9 Å². The SMILES string of the molecule is CCCC(CCC)(C(=O)NCCc1nc(C)no1)C(N)=S. The summed E-state index contributed by atoms with van der Waals surface area (Å²) >= 11 is 5.16. The first-order valence-corrected chi connectivity index (χ1v) is 7.74. The Labute approximate surface area is 130 Å². The van der Waals surface area contributed by atoms with Crippen LogP contribution in [0, 0.1) is 12.3 Å². The second-order valence-electron chi connectivity index (χ2n) is 5.19. The summed E-state index contributed by atoms with van der Waals surface area (Å²) < 4.78 is 5.01. The lowest BCUT2D eigenvalue weighted by molar-refractivity contribution is -0.128. The quantitative estimate of drug-likeness (QED) is 0.676. The van der Waals surface area contributed by atoms with Gasteiger partial charge >= 0.3 is 0 Å². The molecule has 0 saturated carbocycles. The first-order chi connectivity index (χ1) is 9.96. The standard InChI is InChI=1S/C14H24N4O2S/c1-4-7-14(8-5-2,12(15)21)13(19)16-9-6-11-17-10(3)18-20-11/h4-9H2,1-3H3,(H2,15,21)(H,16,19). The summed E-state index contributed by atoms with van der Waals surface area (Å²) in [7, 11) is 0. The number of hydrogen-bond donors (Lipinski definition) is 2. The highest BCUT2D eigenvalue weighted by Crippen LogP contribution is 2.30. The molecule has 0 radical (unpaired) electrons. The van der Waals surface area contributed by atoms with E-state index < -0.39 is 5.41 Å². The van der Waals surface area contributed by atoms with E-state index in [1.54, 1.807) is 6.92 Å². The van der Waals surface area contributed by atoms with Crippen LogP contribution in [-0.4, -0.2) is 27.6 Å². The fraction of sp³-hybridized carbons (Fsp3) is 0.714. The maximum atomic E-state index is 12.5. The van der Waals surface area contributed by atoms with Crippen molar-refractivity contribution in [2.75, 3.05) is 6.54 Å². The molecule has 21 heavy (non-hydrogen) atoms. The molecule has 118 valence electrons. The van der Waals surface area contributed by atoms with Gasteiger partial charge in [0.25, 0.3) is 0 Å². The van der Waals surface area contributed by atoms with E-state index >= 15 is 0 Å². The number of aromatic nitrogens is 2. The number of rotatable bonds is 9. The first-order valence-electron chi connectivity index (χ1n) is 7.33. The Morgan fingerprint density at radius 2 is 2.00 bits per heavy atom. The number of carbonyl (C=O) groups is 1. The third-order valence-electron chi connectivity index (χ3n) is 3.45. The smallest absolute Gasteiger partial charge is 0.233 e. The Bertz CT molecular complexity index is 481. The number of nitrogens with one attached hydrogen (secondary N) is 1. The van der Waals surface area contributed by atoms with E-state index in [9.17, 15) is 4.79 Å². The molecular weight excluding hydrogens is 288 g/mol. The summed E-state index contributed by atoms with van der Waals surface area (Å²) in [6, 6.07) is 0. The zero-order chi connectivity index (χ0) is 15.9. The van der Waals surface area contributed by atoms with Crippen LogP contribution in [0.3, 0.4) is 0 Å². The Hall–Kier alpha value is -1.50. The summed E-state index contributed by atoms with van der Waals surface area (Å²) in [5.41, 5.74) is 5.11. The molecule has 0 aliphatic heterocycles. The normalized spacial score (nSPS) is 11.4. The maximum Gasteiger partial charge on any atom is 0.233 e. The number of hydrogen-bond acceptors (Lipinski definition) is 5. The van der Waals surface area contributed by atoms with Gasteiger partial charge in [0.15, 0.2) is 5.82 Å². The fourth-order valence-electron chi connectivity index (χ4n) is 2.46. The molecule has 0 bridgehead atoms. The summed E-state index contributed by atoms with van der Waals surface area (Å²) in [5.74, 6) is 1.00. The van der Waals surface area contributed by atoms with Crippen molar-refractivity contribution in [1.82, 2.24) is 15.5 Å². The van der Waals surface area contributed by atoms with Gasteiger partial charge < -0.3 is 15.6 Å². The zero-order valence-corrected chi connectivity index (χ0v) is 13.8. The van der Waals surface area contributed by atoms with Crippen LogP contribution in [-0.2, 0) is 11.2 Å². The summed E-state index contributed by atoms with van der Waals surface area (Å²) in [4.78, 5) is 16.9. The minimum absolute atomic E-state index is 0.102. The van der Waals surface area contributed by atoms with Gasteiger partial charge in [-0.2, -0.15) is 4.98 Å². The van der Waals surface area contributed by atoms with Gasteiger partial charge in [0.05, 0.1) is 10.4 Å². The van der Waals surface area contributed by atoms with Crippen molar-refractivity contribution < 1.29 is 9.32 Å². The molecule has 1 heterocycles. The lowest BCUT2D eigenvalue weighted by Crippen LogP contribution is -2.49. The van der Waals surface area contributed by atoms with Crippen LogP contribution in [0.15, 0.2) is 4.52 Å². The van der Waals surface area contributed by atoms with Gasteiger partial charge in [0.1, 0.15) is 0 Å². The average molecular weight is 312 g/mol. The molecule has 0 unspecified atom stereocenters. The van der Waals surface area contributed by atoms with Crippen molar-refractivity contribution >= 4 is 23.1 Å². The van der Waals surface area contributed by atoms with Crippen LogP contribution in [0.2, 0.25) is 0 Å². The number of aryl methyl sites for hydroxylation is 1. The predicted octanol–water partition coefficient (Wildman–Crippen LogP) is 1.91. The van der Waals surface area contributed by atoms with Gasteiger partial charge in [0, 0.05) is 13.0 Å². The van der Waals surface area contributed by atoms with Crippen LogP contribution < -0.4 is 11.1 Å². The number of nitrogens with zero attached hydrogens (tertiary/aromatic N) is 2. The highest BCUT2D eigenvalue weighted by Gasteiger charge is 2.39. The van der Waals surface area contributed by atoms with Gasteiger partial charge in [-0.3, -0.25) is 4.79 Å². The molecule has 1 aromatic rings. The molecule has 7 heteroatoms. The summed E-state index contributed by atoms with van der Waals surface area (Å²) in [5, 5.41) is 6.61. The average Bonchev–Trinajstić information content (AvgIpc) is 2.83. The first kappa shape index (κ1) is 17.6. The Morgan fingerprint density at radius 3 is 2.43 bits per heavy atom. The molecule has 1 amide bonds. The third kappa shape index (κ3) is 4.49. The van der Waals surface area contributed by atoms with Gasteiger partial charge in [-0.25, -0.2) is 0 Å². The molecule has 0 aliphatic rings. The van der Waals surface area contributed by atoms with E-state index in [1.807, 2.05) is 13.8 Å². The molecule has 0 atom stereocenters. The minimum Gasteiger partial charge on any atom is -0.392 e. The lowest BCUT2D eigenvalue weighted by atomic mass is 9.78. The molecule has 3 N–H and O–H groups in total. The molecular formula is C14H24N4O2S. The molecule has 0 aromatic carbocycles. The second-order valence-corrected chi connectivity index (χ2v) is 5.63. The number of carbonyl (C=O) groups excluding carboxylic acids is 1. The highest BCUT2D eigenvalue weighted by atomic mass is 32.1. The Kier molecular flexibility index (Phi) is 6.74. The maximum absolute atomic E-state index is 12.5. The van der Waals surface area contributed by atoms with Gasteiger partial charge in [-0.1, -0.05) is 44.1 Å². The lowest BCUT2D eigenvalue weighted by Gasteiger charge is -2.30. The van der Waals surface area contributed by atoms with E-state index in [0.29, 0.717) is 37.5 Å². The van der Waals surface area contributed by atoms with Crippen LogP contribution in [0.4, 0.5) is 0 Å². The van der Waals surface area contributed by atoms with Crippen LogP contribution in [0.5, 0.6) is 0 Å². The van der Waals surface area contributed by atoms with Crippen LogP contribution in [0.1, 0.15) is 51.2 Å². The minimum atomic E-state index is -0.746. The summed E-state index contributed by atoms with van der Waals surface area (Å²) in [6.45, 7) is 6.23. The molecule has 1 rings (SSSR count). The van der Waals surface area contributed by atoms with E-state index in [1.165, 1.54) is 0 Å². The Morgan fingerprint density at radius 1 is 1.38 bits per heavy atom. The second kappa shape index (κ2) is 8.07. The van der Waals surface area contributed by atoms with Crippen molar-refractivity contribution in [2.45, 2.75) is 52.9 Å².